The highest BCUT2D eigenvalue weighted by Gasteiger charge is 2.12. The lowest BCUT2D eigenvalue weighted by atomic mass is 10.1. The van der Waals surface area contributed by atoms with Gasteiger partial charge in [-0.2, -0.15) is 10.1 Å². The van der Waals surface area contributed by atoms with E-state index >= 15 is 0 Å². The fraction of sp³-hybridized carbons (Fsp3) is 0.167. The van der Waals surface area contributed by atoms with Crippen LogP contribution in [-0.2, 0) is 17.8 Å². The number of hydrogen-bond donors (Lipinski definition) is 1. The molecule has 0 fully saturated rings. The van der Waals surface area contributed by atoms with Gasteiger partial charge in [0.05, 0.1) is 11.3 Å². The van der Waals surface area contributed by atoms with Gasteiger partial charge in [0, 0.05) is 10.6 Å². The van der Waals surface area contributed by atoms with Crippen LogP contribution in [0.1, 0.15) is 18.1 Å². The van der Waals surface area contributed by atoms with E-state index in [-0.39, 0.29) is 12.5 Å². The maximum absolute atomic E-state index is 12.2. The van der Waals surface area contributed by atoms with Gasteiger partial charge in [-0.05, 0) is 35.4 Å². The minimum Gasteiger partial charge on any atom is -0.323 e. The molecule has 130 valence electrons. The van der Waals surface area contributed by atoms with Crippen LogP contribution in [0.2, 0.25) is 5.02 Å². The van der Waals surface area contributed by atoms with Crippen LogP contribution in [0.5, 0.6) is 0 Å². The van der Waals surface area contributed by atoms with Gasteiger partial charge in [-0.1, -0.05) is 42.8 Å². The first-order chi connectivity index (χ1) is 12.6. The van der Waals surface area contributed by atoms with Crippen LogP contribution in [0.3, 0.4) is 0 Å². The minimum absolute atomic E-state index is 0.128. The Kier molecular flexibility index (Phi) is 5.25. The van der Waals surface area contributed by atoms with Crippen LogP contribution in [-0.4, -0.2) is 26.1 Å². The lowest BCUT2D eigenvalue weighted by Gasteiger charge is -2.06. The normalized spacial score (nSPS) is 10.3. The number of anilines is 1. The summed E-state index contributed by atoms with van der Waals surface area (Å²) in [7, 11) is 0. The van der Waals surface area contributed by atoms with Gasteiger partial charge < -0.3 is 5.32 Å². The summed E-state index contributed by atoms with van der Waals surface area (Å²) in [5.41, 5.74) is 2.72. The number of aromatic nitrogens is 4. The standard InChI is InChI=1S/C18H15ClN6O/c1-2-12-3-5-13(6-4-12)18-22-24-25(23-18)11-17(26)21-16-9-15(19)8-7-14(16)10-20/h3-9H,2,11H2,1H3,(H,21,26). The van der Waals surface area contributed by atoms with E-state index in [1.165, 1.54) is 16.4 Å². The Hall–Kier alpha value is -3.24. The molecule has 2 aromatic carbocycles. The predicted octanol–water partition coefficient (Wildman–Crippen LogP) is 3.07. The maximum Gasteiger partial charge on any atom is 0.248 e. The molecular weight excluding hydrogens is 352 g/mol. The van der Waals surface area contributed by atoms with Crippen molar-refractivity contribution in [2.75, 3.05) is 5.32 Å². The molecule has 7 nitrogen and oxygen atoms in total. The molecule has 0 radical (unpaired) electrons. The largest absolute Gasteiger partial charge is 0.323 e. The van der Waals surface area contributed by atoms with Crippen LogP contribution >= 0.6 is 11.6 Å². The molecule has 0 atom stereocenters. The Bertz CT molecular complexity index is 974. The number of benzene rings is 2. The van der Waals surface area contributed by atoms with Crippen molar-refractivity contribution in [1.29, 1.82) is 5.26 Å². The summed E-state index contributed by atoms with van der Waals surface area (Å²) >= 11 is 5.91. The van der Waals surface area contributed by atoms with E-state index in [4.69, 9.17) is 16.9 Å². The average molecular weight is 367 g/mol. The summed E-state index contributed by atoms with van der Waals surface area (Å²) in [5, 5.41) is 24.3. The summed E-state index contributed by atoms with van der Waals surface area (Å²) in [6.07, 6.45) is 0.953. The molecular formula is C18H15ClN6O. The van der Waals surface area contributed by atoms with Gasteiger partial charge in [0.25, 0.3) is 0 Å². The van der Waals surface area contributed by atoms with Crippen molar-refractivity contribution >= 4 is 23.2 Å². The van der Waals surface area contributed by atoms with Crippen molar-refractivity contribution in [1.82, 2.24) is 20.2 Å². The summed E-state index contributed by atoms with van der Waals surface area (Å²) in [4.78, 5) is 13.4. The number of carbonyl (C=O) groups is 1. The molecule has 1 amide bonds. The fourth-order valence-electron chi connectivity index (χ4n) is 2.35. The number of aryl methyl sites for hydroxylation is 1. The predicted molar refractivity (Wildman–Crippen MR) is 97.4 cm³/mol. The van der Waals surface area contributed by atoms with Crippen molar-refractivity contribution in [3.8, 4) is 17.5 Å². The molecule has 0 aliphatic rings. The third-order valence-electron chi connectivity index (χ3n) is 3.73. The molecule has 0 unspecified atom stereocenters. The SMILES string of the molecule is CCc1ccc(-c2nnn(CC(=O)Nc3cc(Cl)ccc3C#N)n2)cc1. The van der Waals surface area contributed by atoms with Crippen molar-refractivity contribution < 1.29 is 4.79 Å². The number of rotatable bonds is 5. The third-order valence-corrected chi connectivity index (χ3v) is 3.97. The first-order valence-corrected chi connectivity index (χ1v) is 8.33. The van der Waals surface area contributed by atoms with Gasteiger partial charge >= 0.3 is 0 Å². The molecule has 1 N–H and O–H groups in total. The number of amides is 1. The van der Waals surface area contributed by atoms with E-state index in [9.17, 15) is 4.79 Å². The van der Waals surface area contributed by atoms with Gasteiger partial charge in [0.2, 0.25) is 11.7 Å². The quantitative estimate of drug-likeness (QED) is 0.748. The lowest BCUT2D eigenvalue weighted by molar-refractivity contribution is -0.117. The number of carbonyl (C=O) groups excluding carboxylic acids is 1. The number of tetrazole rings is 1. The zero-order valence-corrected chi connectivity index (χ0v) is 14.7. The summed E-state index contributed by atoms with van der Waals surface area (Å²) in [6.45, 7) is 1.96. The van der Waals surface area contributed by atoms with Crippen LogP contribution in [0.4, 0.5) is 5.69 Å². The summed E-state index contributed by atoms with van der Waals surface area (Å²) < 4.78 is 0. The number of nitriles is 1. The van der Waals surface area contributed by atoms with E-state index in [0.717, 1.165) is 12.0 Å². The van der Waals surface area contributed by atoms with Crippen LogP contribution in [0, 0.1) is 11.3 Å². The monoisotopic (exact) mass is 366 g/mol. The molecule has 8 heteroatoms. The lowest BCUT2D eigenvalue weighted by Crippen LogP contribution is -2.21. The smallest absolute Gasteiger partial charge is 0.248 e. The molecule has 0 aliphatic carbocycles. The molecule has 0 saturated heterocycles. The number of halogens is 1. The van der Waals surface area contributed by atoms with Crippen LogP contribution in [0.15, 0.2) is 42.5 Å². The Morgan fingerprint density at radius 2 is 2.04 bits per heavy atom. The summed E-state index contributed by atoms with van der Waals surface area (Å²) in [6, 6.07) is 14.5. The second-order valence-electron chi connectivity index (χ2n) is 5.54. The van der Waals surface area contributed by atoms with Crippen LogP contribution in [0.25, 0.3) is 11.4 Å². The van der Waals surface area contributed by atoms with E-state index in [1.54, 1.807) is 12.1 Å². The average Bonchev–Trinajstić information content (AvgIpc) is 3.10. The van der Waals surface area contributed by atoms with Crippen molar-refractivity contribution in [2.45, 2.75) is 19.9 Å². The Morgan fingerprint density at radius 3 is 2.73 bits per heavy atom. The molecule has 0 saturated carbocycles. The maximum atomic E-state index is 12.2. The molecule has 26 heavy (non-hydrogen) atoms. The second kappa shape index (κ2) is 7.76. The number of nitrogens with zero attached hydrogens (tertiary/aromatic N) is 5. The second-order valence-corrected chi connectivity index (χ2v) is 5.98. The highest BCUT2D eigenvalue weighted by molar-refractivity contribution is 6.31. The van der Waals surface area contributed by atoms with E-state index in [2.05, 4.69) is 27.7 Å². The molecule has 1 aromatic heterocycles. The Morgan fingerprint density at radius 1 is 1.27 bits per heavy atom. The molecule has 0 bridgehead atoms. The highest BCUT2D eigenvalue weighted by atomic mass is 35.5. The number of nitrogens with one attached hydrogen (secondary N) is 1. The molecule has 1 heterocycles. The van der Waals surface area contributed by atoms with Crippen LogP contribution < -0.4 is 5.32 Å². The topological polar surface area (TPSA) is 96.5 Å². The van der Waals surface area contributed by atoms with Crippen molar-refractivity contribution in [3.05, 3.63) is 58.6 Å². The zero-order valence-electron chi connectivity index (χ0n) is 14.0. The van der Waals surface area contributed by atoms with E-state index in [1.807, 2.05) is 30.3 Å². The minimum atomic E-state index is -0.381. The van der Waals surface area contributed by atoms with Gasteiger partial charge in [-0.15, -0.1) is 10.2 Å². The molecule has 3 aromatic rings. The zero-order chi connectivity index (χ0) is 18.5. The molecule has 3 rings (SSSR count). The van der Waals surface area contributed by atoms with Gasteiger partial charge in [-0.3, -0.25) is 4.79 Å². The van der Waals surface area contributed by atoms with Crippen molar-refractivity contribution in [3.63, 3.8) is 0 Å². The highest BCUT2D eigenvalue weighted by Crippen LogP contribution is 2.20. The first kappa shape index (κ1) is 17.6. The Labute approximate surface area is 155 Å². The van der Waals surface area contributed by atoms with Gasteiger partial charge in [0.1, 0.15) is 12.6 Å². The first-order valence-electron chi connectivity index (χ1n) is 7.95. The fourth-order valence-corrected chi connectivity index (χ4v) is 2.52. The number of hydrogen-bond acceptors (Lipinski definition) is 5. The van der Waals surface area contributed by atoms with Crippen molar-refractivity contribution in [2.24, 2.45) is 0 Å². The van der Waals surface area contributed by atoms with E-state index < -0.39 is 0 Å². The Balaban J connectivity index is 1.70. The molecule has 0 aliphatic heterocycles. The third kappa shape index (κ3) is 4.05. The van der Waals surface area contributed by atoms with E-state index in [0.29, 0.717) is 22.1 Å². The van der Waals surface area contributed by atoms with Gasteiger partial charge in [-0.25, -0.2) is 0 Å². The summed E-state index contributed by atoms with van der Waals surface area (Å²) in [5.74, 6) is 0.0648. The molecule has 0 spiro atoms. The van der Waals surface area contributed by atoms with Gasteiger partial charge in [0.15, 0.2) is 0 Å².